The summed E-state index contributed by atoms with van der Waals surface area (Å²) in [5.41, 5.74) is 0. The summed E-state index contributed by atoms with van der Waals surface area (Å²) in [4.78, 5) is 10.4. The van der Waals surface area contributed by atoms with Crippen LogP contribution in [0, 0.1) is 0 Å². The topological polar surface area (TPSA) is 37.3 Å². The Morgan fingerprint density at radius 2 is 2.25 bits per heavy atom. The number of aliphatic carboxylic acids is 1. The van der Waals surface area contributed by atoms with Gasteiger partial charge in [-0.15, -0.1) is 11.7 Å². The molecule has 0 aliphatic heterocycles. The average Bonchev–Trinajstić information content (AvgIpc) is 2.02. The maximum absolute atomic E-state index is 10.4. The van der Waals surface area contributed by atoms with Crippen molar-refractivity contribution in [2.45, 2.75) is 30.3 Å². The fourth-order valence-corrected chi connectivity index (χ4v) is 2.36. The van der Waals surface area contributed by atoms with E-state index in [9.17, 15) is 4.79 Å². The van der Waals surface area contributed by atoms with Gasteiger partial charge in [-0.3, -0.25) is 4.79 Å². The van der Waals surface area contributed by atoms with Crippen LogP contribution >= 0.6 is 34.2 Å². The van der Waals surface area contributed by atoms with E-state index < -0.39 is 5.97 Å². The molecule has 0 saturated carbocycles. The molecule has 1 N–H and O–H groups in total. The zero-order valence-corrected chi connectivity index (χ0v) is 9.72. The van der Waals surface area contributed by atoms with Gasteiger partial charge < -0.3 is 5.11 Å². The van der Waals surface area contributed by atoms with Gasteiger partial charge in [-0.05, 0) is 12.7 Å². The quantitative estimate of drug-likeness (QED) is 0.539. The largest absolute Gasteiger partial charge is 0.481 e. The smallest absolute Gasteiger partial charge is 0.304 e. The first-order chi connectivity index (χ1) is 5.60. The molecule has 0 aliphatic carbocycles. The molecular formula is C7H14O2S3. The van der Waals surface area contributed by atoms with Crippen LogP contribution in [0.3, 0.4) is 0 Å². The predicted octanol–water partition coefficient (Wildman–Crippen LogP) is 2.55. The molecule has 2 atom stereocenters. The van der Waals surface area contributed by atoms with Crippen LogP contribution in [0.5, 0.6) is 0 Å². The molecule has 0 aromatic heterocycles. The van der Waals surface area contributed by atoms with Crippen molar-refractivity contribution in [3.05, 3.63) is 0 Å². The van der Waals surface area contributed by atoms with Crippen molar-refractivity contribution < 1.29 is 9.90 Å². The number of thioether (sulfide) groups is 1. The standard InChI is InChI=1S/C7H14O2S3/c1-5(12-10)3-6(11-2)4-7(8)9/h5-6,10H,3-4H2,1-2H3,(H,8,9). The monoisotopic (exact) mass is 226 g/mol. The van der Waals surface area contributed by atoms with Crippen molar-refractivity contribution in [3.63, 3.8) is 0 Å². The third-order valence-corrected chi connectivity index (χ3v) is 4.17. The highest BCUT2D eigenvalue weighted by molar-refractivity contribution is 8.68. The molecule has 0 radical (unpaired) electrons. The Bertz CT molecular complexity index is 141. The summed E-state index contributed by atoms with van der Waals surface area (Å²) in [5.74, 6) is -0.717. The third kappa shape index (κ3) is 6.08. The summed E-state index contributed by atoms with van der Waals surface area (Å²) in [6.07, 6.45) is 3.10. The Morgan fingerprint density at radius 1 is 1.67 bits per heavy atom. The summed E-state index contributed by atoms with van der Waals surface area (Å²) in [6.45, 7) is 2.06. The van der Waals surface area contributed by atoms with Gasteiger partial charge in [0.25, 0.3) is 0 Å². The second-order valence-electron chi connectivity index (χ2n) is 2.61. The first-order valence-corrected chi connectivity index (χ1v) is 6.87. The van der Waals surface area contributed by atoms with Crippen molar-refractivity contribution in [3.8, 4) is 0 Å². The summed E-state index contributed by atoms with van der Waals surface area (Å²) < 4.78 is 0. The van der Waals surface area contributed by atoms with Crippen molar-refractivity contribution in [2.75, 3.05) is 6.26 Å². The molecule has 72 valence electrons. The molecule has 2 nitrogen and oxygen atoms in total. The second kappa shape index (κ2) is 6.97. The lowest BCUT2D eigenvalue weighted by molar-refractivity contribution is -0.136. The van der Waals surface area contributed by atoms with Crippen molar-refractivity contribution in [2.24, 2.45) is 0 Å². The molecule has 0 aliphatic rings. The van der Waals surface area contributed by atoms with Gasteiger partial charge in [-0.25, -0.2) is 0 Å². The second-order valence-corrected chi connectivity index (χ2v) is 5.39. The molecule has 0 aromatic carbocycles. The summed E-state index contributed by atoms with van der Waals surface area (Å²) in [5, 5.41) is 9.20. The van der Waals surface area contributed by atoms with E-state index in [0.29, 0.717) is 5.25 Å². The van der Waals surface area contributed by atoms with Crippen LogP contribution in [0.2, 0.25) is 0 Å². The first kappa shape index (κ1) is 12.5. The lowest BCUT2D eigenvalue weighted by Crippen LogP contribution is -2.13. The van der Waals surface area contributed by atoms with Crippen molar-refractivity contribution >= 4 is 40.2 Å². The van der Waals surface area contributed by atoms with Gasteiger partial charge in [0.2, 0.25) is 0 Å². The molecule has 5 heteroatoms. The zero-order chi connectivity index (χ0) is 9.56. The van der Waals surface area contributed by atoms with Crippen LogP contribution in [-0.4, -0.2) is 27.8 Å². The predicted molar refractivity (Wildman–Crippen MR) is 60.2 cm³/mol. The average molecular weight is 226 g/mol. The first-order valence-electron chi connectivity index (χ1n) is 3.65. The van der Waals surface area contributed by atoms with Crippen LogP contribution in [0.15, 0.2) is 0 Å². The number of hydrogen-bond acceptors (Lipinski definition) is 4. The van der Waals surface area contributed by atoms with Gasteiger partial charge in [0, 0.05) is 10.5 Å². The maximum Gasteiger partial charge on any atom is 0.304 e. The normalized spacial score (nSPS) is 15.6. The Hall–Kier alpha value is 0.520. The molecule has 0 aromatic rings. The van der Waals surface area contributed by atoms with Gasteiger partial charge in [0.1, 0.15) is 0 Å². The number of thiol groups is 1. The molecule has 0 amide bonds. The van der Waals surface area contributed by atoms with Gasteiger partial charge in [-0.1, -0.05) is 17.7 Å². The Balaban J connectivity index is 3.74. The highest BCUT2D eigenvalue weighted by Crippen LogP contribution is 2.25. The minimum atomic E-state index is -0.717. The Kier molecular flexibility index (Phi) is 7.28. The fourth-order valence-electron chi connectivity index (χ4n) is 0.871. The van der Waals surface area contributed by atoms with E-state index in [2.05, 4.69) is 18.6 Å². The summed E-state index contributed by atoms with van der Waals surface area (Å²) in [7, 11) is 1.48. The molecule has 0 heterocycles. The minimum absolute atomic E-state index is 0.220. The SMILES string of the molecule is CSC(CC(=O)O)CC(C)SS. The van der Waals surface area contributed by atoms with Crippen LogP contribution in [0.25, 0.3) is 0 Å². The number of carboxylic acids is 1. The van der Waals surface area contributed by atoms with E-state index in [1.165, 1.54) is 10.8 Å². The van der Waals surface area contributed by atoms with Gasteiger partial charge in [-0.2, -0.15) is 11.8 Å². The van der Waals surface area contributed by atoms with E-state index in [4.69, 9.17) is 5.11 Å². The zero-order valence-electron chi connectivity index (χ0n) is 7.19. The van der Waals surface area contributed by atoms with Crippen LogP contribution in [-0.2, 0) is 4.79 Å². The molecule has 0 fully saturated rings. The molecule has 0 rings (SSSR count). The highest BCUT2D eigenvalue weighted by atomic mass is 33.1. The van der Waals surface area contributed by atoms with Crippen LogP contribution in [0.1, 0.15) is 19.8 Å². The number of rotatable bonds is 6. The van der Waals surface area contributed by atoms with E-state index in [1.807, 2.05) is 6.26 Å². The number of hydrogen-bond donors (Lipinski definition) is 2. The van der Waals surface area contributed by atoms with E-state index in [1.54, 1.807) is 11.8 Å². The lowest BCUT2D eigenvalue weighted by Gasteiger charge is -2.14. The lowest BCUT2D eigenvalue weighted by atomic mass is 10.2. The minimum Gasteiger partial charge on any atom is -0.481 e. The van der Waals surface area contributed by atoms with Gasteiger partial charge in [0.15, 0.2) is 0 Å². The molecule has 0 spiro atoms. The van der Waals surface area contributed by atoms with Crippen molar-refractivity contribution in [1.29, 1.82) is 0 Å². The maximum atomic E-state index is 10.4. The number of carbonyl (C=O) groups is 1. The number of carboxylic acid groups (broad SMARTS) is 1. The highest BCUT2D eigenvalue weighted by Gasteiger charge is 2.14. The molecule has 12 heavy (non-hydrogen) atoms. The summed E-state index contributed by atoms with van der Waals surface area (Å²) in [6, 6.07) is 0. The third-order valence-electron chi connectivity index (χ3n) is 1.51. The molecule has 2 unspecified atom stereocenters. The van der Waals surface area contributed by atoms with E-state index >= 15 is 0 Å². The Labute approximate surface area is 86.7 Å². The van der Waals surface area contributed by atoms with Crippen molar-refractivity contribution in [1.82, 2.24) is 0 Å². The fraction of sp³-hybridized carbons (Fsp3) is 0.857. The molecule has 0 bridgehead atoms. The molecule has 0 saturated heterocycles. The van der Waals surface area contributed by atoms with Gasteiger partial charge >= 0.3 is 5.97 Å². The summed E-state index contributed by atoms with van der Waals surface area (Å²) >= 11 is 5.69. The van der Waals surface area contributed by atoms with Gasteiger partial charge in [0.05, 0.1) is 6.42 Å². The van der Waals surface area contributed by atoms with Crippen LogP contribution < -0.4 is 0 Å². The van der Waals surface area contributed by atoms with E-state index in [0.717, 1.165) is 6.42 Å². The molecular weight excluding hydrogens is 212 g/mol. The Morgan fingerprint density at radius 3 is 2.58 bits per heavy atom. The van der Waals surface area contributed by atoms with Crippen LogP contribution in [0.4, 0.5) is 0 Å². The van der Waals surface area contributed by atoms with E-state index in [-0.39, 0.29) is 11.7 Å².